The lowest BCUT2D eigenvalue weighted by molar-refractivity contribution is -0.128. The average molecular weight is 354 g/mol. The molecule has 1 aromatic rings. The van der Waals surface area contributed by atoms with Crippen molar-refractivity contribution in [2.75, 3.05) is 26.2 Å². The topological polar surface area (TPSA) is 49.6 Å². The van der Waals surface area contributed by atoms with Crippen LogP contribution in [0.25, 0.3) is 0 Å². The van der Waals surface area contributed by atoms with Gasteiger partial charge in [0.1, 0.15) is 0 Å². The molecule has 5 heteroatoms. The number of halogens is 1. The quantitative estimate of drug-likeness (QED) is 0.907. The molecule has 1 fully saturated rings. The van der Waals surface area contributed by atoms with Crippen LogP contribution in [0.15, 0.2) is 28.7 Å². The Labute approximate surface area is 135 Å². The van der Waals surface area contributed by atoms with Crippen LogP contribution in [-0.4, -0.2) is 47.9 Å². The third-order valence-corrected chi connectivity index (χ3v) is 4.61. The highest BCUT2D eigenvalue weighted by Crippen LogP contribution is 2.26. The Morgan fingerprint density at radius 3 is 2.43 bits per heavy atom. The molecule has 0 spiro atoms. The van der Waals surface area contributed by atoms with Gasteiger partial charge in [-0.25, -0.2) is 0 Å². The molecule has 0 radical (unpaired) electrons. The number of hydrogen-bond acceptors (Lipinski definition) is 3. The number of hydrogen-bond donors (Lipinski definition) is 1. The predicted molar refractivity (Wildman–Crippen MR) is 89.0 cm³/mol. The first-order chi connectivity index (χ1) is 9.99. The number of amides is 1. The van der Waals surface area contributed by atoms with Gasteiger partial charge in [-0.2, -0.15) is 0 Å². The lowest BCUT2D eigenvalue weighted by atomic mass is 9.99. The van der Waals surface area contributed by atoms with Gasteiger partial charge in [0, 0.05) is 49.7 Å². The van der Waals surface area contributed by atoms with Crippen LogP contribution in [0.1, 0.15) is 31.9 Å². The second-order valence-electron chi connectivity index (χ2n) is 5.75. The zero-order valence-corrected chi connectivity index (χ0v) is 14.3. The molecule has 0 aromatic heterocycles. The van der Waals surface area contributed by atoms with Crippen LogP contribution in [0.5, 0.6) is 0 Å². The molecule has 1 amide bonds. The molecule has 2 rings (SSSR count). The van der Waals surface area contributed by atoms with E-state index in [0.29, 0.717) is 0 Å². The van der Waals surface area contributed by atoms with Crippen LogP contribution in [0, 0.1) is 0 Å². The summed E-state index contributed by atoms with van der Waals surface area (Å²) in [7, 11) is 0. The summed E-state index contributed by atoms with van der Waals surface area (Å²) in [5.41, 5.74) is 7.49. The van der Waals surface area contributed by atoms with Gasteiger partial charge in [-0.3, -0.25) is 9.69 Å². The molecular weight excluding hydrogens is 330 g/mol. The summed E-state index contributed by atoms with van der Waals surface area (Å²) in [6, 6.07) is 8.63. The van der Waals surface area contributed by atoms with Crippen molar-refractivity contribution >= 4 is 21.8 Å². The Hall–Kier alpha value is -0.910. The van der Waals surface area contributed by atoms with E-state index in [4.69, 9.17) is 5.73 Å². The SMILES string of the molecule is CC(=O)N1CCCN(C(c2ccc(Br)cc2)C(C)N)CC1. The van der Waals surface area contributed by atoms with Gasteiger partial charge in [0.25, 0.3) is 0 Å². The third-order valence-electron chi connectivity index (χ3n) is 4.08. The Morgan fingerprint density at radius 1 is 1.19 bits per heavy atom. The summed E-state index contributed by atoms with van der Waals surface area (Å²) in [6.07, 6.45) is 0.999. The molecule has 0 saturated carbocycles. The highest BCUT2D eigenvalue weighted by Gasteiger charge is 2.26. The summed E-state index contributed by atoms with van der Waals surface area (Å²) in [5.74, 6) is 0.165. The zero-order chi connectivity index (χ0) is 15.4. The molecule has 2 N–H and O–H groups in total. The van der Waals surface area contributed by atoms with Crippen LogP contribution in [-0.2, 0) is 4.79 Å². The lowest BCUT2D eigenvalue weighted by Gasteiger charge is -2.33. The molecule has 1 saturated heterocycles. The number of nitrogens with zero attached hydrogens (tertiary/aromatic N) is 2. The summed E-state index contributed by atoms with van der Waals surface area (Å²) in [6.45, 7) is 7.19. The van der Waals surface area contributed by atoms with Gasteiger partial charge in [0.15, 0.2) is 0 Å². The molecule has 4 nitrogen and oxygen atoms in total. The van der Waals surface area contributed by atoms with Crippen molar-refractivity contribution < 1.29 is 4.79 Å². The smallest absolute Gasteiger partial charge is 0.219 e. The van der Waals surface area contributed by atoms with Crippen LogP contribution < -0.4 is 5.73 Å². The van der Waals surface area contributed by atoms with Gasteiger partial charge in [0.2, 0.25) is 5.91 Å². The maximum Gasteiger partial charge on any atom is 0.219 e. The highest BCUT2D eigenvalue weighted by molar-refractivity contribution is 9.10. The number of carbonyl (C=O) groups is 1. The molecule has 21 heavy (non-hydrogen) atoms. The molecule has 116 valence electrons. The van der Waals surface area contributed by atoms with E-state index in [-0.39, 0.29) is 18.0 Å². The van der Waals surface area contributed by atoms with E-state index in [1.807, 2.05) is 4.90 Å². The molecule has 2 unspecified atom stereocenters. The molecule has 0 bridgehead atoms. The van der Waals surface area contributed by atoms with Crippen LogP contribution in [0.2, 0.25) is 0 Å². The van der Waals surface area contributed by atoms with Gasteiger partial charge >= 0.3 is 0 Å². The van der Waals surface area contributed by atoms with E-state index < -0.39 is 0 Å². The van der Waals surface area contributed by atoms with E-state index in [1.165, 1.54) is 5.56 Å². The molecule has 0 aliphatic carbocycles. The van der Waals surface area contributed by atoms with E-state index >= 15 is 0 Å². The molecule has 2 atom stereocenters. The van der Waals surface area contributed by atoms with Gasteiger partial charge < -0.3 is 10.6 Å². The Balaban J connectivity index is 2.15. The fourth-order valence-corrected chi connectivity index (χ4v) is 3.30. The van der Waals surface area contributed by atoms with Crippen molar-refractivity contribution in [3.63, 3.8) is 0 Å². The number of nitrogens with two attached hydrogens (primary N) is 1. The maximum absolute atomic E-state index is 11.5. The minimum atomic E-state index is 0.0510. The van der Waals surface area contributed by atoms with E-state index in [9.17, 15) is 4.79 Å². The first kappa shape index (κ1) is 16.5. The molecule has 1 aliphatic rings. The Morgan fingerprint density at radius 2 is 1.86 bits per heavy atom. The second kappa shape index (κ2) is 7.38. The van der Waals surface area contributed by atoms with Crippen molar-refractivity contribution in [1.82, 2.24) is 9.80 Å². The van der Waals surface area contributed by atoms with E-state index in [0.717, 1.165) is 37.1 Å². The van der Waals surface area contributed by atoms with Crippen molar-refractivity contribution in [1.29, 1.82) is 0 Å². The van der Waals surface area contributed by atoms with E-state index in [2.05, 4.69) is 52.0 Å². The Bertz CT molecular complexity index is 475. The fraction of sp³-hybridized carbons (Fsp3) is 0.562. The largest absolute Gasteiger partial charge is 0.342 e. The first-order valence-electron chi connectivity index (χ1n) is 7.49. The maximum atomic E-state index is 11.5. The fourth-order valence-electron chi connectivity index (χ4n) is 3.04. The van der Waals surface area contributed by atoms with Gasteiger partial charge in [-0.1, -0.05) is 28.1 Å². The summed E-state index contributed by atoms with van der Waals surface area (Å²) < 4.78 is 1.08. The van der Waals surface area contributed by atoms with Gasteiger partial charge in [-0.05, 0) is 31.0 Å². The monoisotopic (exact) mass is 353 g/mol. The van der Waals surface area contributed by atoms with E-state index in [1.54, 1.807) is 6.92 Å². The third kappa shape index (κ3) is 4.28. The Kier molecular flexibility index (Phi) is 5.79. The normalized spacial score (nSPS) is 19.9. The van der Waals surface area contributed by atoms with Crippen LogP contribution in [0.4, 0.5) is 0 Å². The number of carbonyl (C=O) groups excluding carboxylic acids is 1. The van der Waals surface area contributed by atoms with Crippen molar-refractivity contribution in [3.8, 4) is 0 Å². The first-order valence-corrected chi connectivity index (χ1v) is 8.29. The predicted octanol–water partition coefficient (Wildman–Crippen LogP) is 2.39. The minimum Gasteiger partial charge on any atom is -0.342 e. The number of benzene rings is 1. The van der Waals surface area contributed by atoms with Crippen molar-refractivity contribution in [2.24, 2.45) is 5.73 Å². The molecule has 1 aliphatic heterocycles. The average Bonchev–Trinajstić information content (AvgIpc) is 2.67. The summed E-state index contributed by atoms with van der Waals surface area (Å²) in [4.78, 5) is 15.9. The van der Waals surface area contributed by atoms with Crippen LogP contribution >= 0.6 is 15.9 Å². The minimum absolute atomic E-state index is 0.0510. The molecular formula is C16H24BrN3O. The molecule has 1 aromatic carbocycles. The zero-order valence-electron chi connectivity index (χ0n) is 12.8. The van der Waals surface area contributed by atoms with Crippen LogP contribution in [0.3, 0.4) is 0 Å². The number of rotatable bonds is 3. The van der Waals surface area contributed by atoms with Gasteiger partial charge in [-0.15, -0.1) is 0 Å². The summed E-state index contributed by atoms with van der Waals surface area (Å²) >= 11 is 3.47. The second-order valence-corrected chi connectivity index (χ2v) is 6.67. The highest BCUT2D eigenvalue weighted by atomic mass is 79.9. The molecule has 1 heterocycles. The van der Waals surface area contributed by atoms with Gasteiger partial charge in [0.05, 0.1) is 0 Å². The van der Waals surface area contributed by atoms with Crippen molar-refractivity contribution in [2.45, 2.75) is 32.4 Å². The standard InChI is InChI=1S/C16H24BrN3O/c1-12(18)16(14-4-6-15(17)7-5-14)20-9-3-8-19(10-11-20)13(2)21/h4-7,12,16H,3,8-11,18H2,1-2H3. The summed E-state index contributed by atoms with van der Waals surface area (Å²) in [5, 5.41) is 0. The van der Waals surface area contributed by atoms with Crippen molar-refractivity contribution in [3.05, 3.63) is 34.3 Å². The lowest BCUT2D eigenvalue weighted by Crippen LogP contribution is -2.41.